The van der Waals surface area contributed by atoms with E-state index in [4.69, 9.17) is 11.6 Å². The molecule has 0 atom stereocenters. The van der Waals surface area contributed by atoms with E-state index in [1.807, 2.05) is 43.3 Å². The van der Waals surface area contributed by atoms with Gasteiger partial charge in [0.1, 0.15) is 0 Å². The van der Waals surface area contributed by atoms with Crippen LogP contribution in [-0.4, -0.2) is 5.24 Å². The number of halogens is 1. The van der Waals surface area contributed by atoms with Crippen LogP contribution in [0.25, 0.3) is 6.08 Å². The summed E-state index contributed by atoms with van der Waals surface area (Å²) in [7, 11) is 0. The lowest BCUT2D eigenvalue weighted by atomic mass is 10.1. The highest BCUT2D eigenvalue weighted by molar-refractivity contribution is 6.68. The number of hydrogen-bond donors (Lipinski definition) is 0. The lowest BCUT2D eigenvalue weighted by molar-refractivity contribution is -0.108. The molecule has 0 fully saturated rings. The molecule has 0 aliphatic carbocycles. The highest BCUT2D eigenvalue weighted by Gasteiger charge is 2.02. The molecule has 68 valence electrons. The molecule has 0 bridgehead atoms. The van der Waals surface area contributed by atoms with Crippen molar-refractivity contribution in [2.75, 3.05) is 0 Å². The molecule has 0 amide bonds. The maximum Gasteiger partial charge on any atom is 0.248 e. The fourth-order valence-corrected chi connectivity index (χ4v) is 1.24. The zero-order chi connectivity index (χ0) is 9.68. The van der Waals surface area contributed by atoms with E-state index in [1.54, 1.807) is 0 Å². The lowest BCUT2D eigenvalue weighted by Crippen LogP contribution is -1.90. The predicted octanol–water partition coefficient (Wildman–Crippen LogP) is 3.25. The maximum atomic E-state index is 10.9. The molecule has 0 radical (unpaired) electrons. The molecule has 13 heavy (non-hydrogen) atoms. The average molecular weight is 195 g/mol. The topological polar surface area (TPSA) is 17.1 Å². The van der Waals surface area contributed by atoms with Crippen LogP contribution in [-0.2, 0) is 4.79 Å². The molecule has 0 aliphatic rings. The van der Waals surface area contributed by atoms with Gasteiger partial charge in [0.25, 0.3) is 0 Å². The highest BCUT2D eigenvalue weighted by atomic mass is 35.5. The van der Waals surface area contributed by atoms with E-state index in [0.29, 0.717) is 12.0 Å². The number of benzene rings is 1. The molecule has 0 aliphatic heterocycles. The smallest absolute Gasteiger partial charge is 0.248 e. The summed E-state index contributed by atoms with van der Waals surface area (Å²) in [6.07, 6.45) is 2.48. The Morgan fingerprint density at radius 3 is 2.46 bits per heavy atom. The third kappa shape index (κ3) is 3.03. The number of rotatable bonds is 3. The Labute approximate surface area is 83.0 Å². The maximum absolute atomic E-state index is 10.9. The minimum atomic E-state index is -0.369. The molecule has 1 aromatic rings. The molecule has 1 nitrogen and oxygen atoms in total. The molecular weight excluding hydrogens is 184 g/mol. The monoisotopic (exact) mass is 194 g/mol. The number of carbonyl (C=O) groups excluding carboxylic acids is 1. The third-order valence-electron chi connectivity index (χ3n) is 1.77. The Hall–Kier alpha value is -1.08. The van der Waals surface area contributed by atoms with Crippen molar-refractivity contribution >= 4 is 22.9 Å². The van der Waals surface area contributed by atoms with Crippen LogP contribution >= 0.6 is 11.6 Å². The van der Waals surface area contributed by atoms with Gasteiger partial charge >= 0.3 is 0 Å². The third-order valence-corrected chi connectivity index (χ3v) is 2.02. The molecule has 2 heteroatoms. The van der Waals surface area contributed by atoms with Crippen LogP contribution < -0.4 is 0 Å². The van der Waals surface area contributed by atoms with Gasteiger partial charge in [0.2, 0.25) is 5.24 Å². The normalized spacial score (nSPS) is 11.4. The first kappa shape index (κ1) is 10.0. The van der Waals surface area contributed by atoms with Gasteiger partial charge in [-0.2, -0.15) is 0 Å². The van der Waals surface area contributed by atoms with Crippen molar-refractivity contribution in [3.8, 4) is 0 Å². The van der Waals surface area contributed by atoms with Crippen molar-refractivity contribution in [1.29, 1.82) is 0 Å². The highest BCUT2D eigenvalue weighted by Crippen LogP contribution is 2.11. The summed E-state index contributed by atoms with van der Waals surface area (Å²) in [6.45, 7) is 1.91. The fourth-order valence-electron chi connectivity index (χ4n) is 1.05. The van der Waals surface area contributed by atoms with Gasteiger partial charge in [-0.3, -0.25) is 4.79 Å². The second-order valence-corrected chi connectivity index (χ2v) is 3.05. The van der Waals surface area contributed by atoms with Crippen LogP contribution in [0.3, 0.4) is 0 Å². The summed E-state index contributed by atoms with van der Waals surface area (Å²) in [6, 6.07) is 9.67. The van der Waals surface area contributed by atoms with Crippen molar-refractivity contribution in [2.45, 2.75) is 13.3 Å². The Morgan fingerprint density at radius 2 is 2.00 bits per heavy atom. The summed E-state index contributed by atoms with van der Waals surface area (Å²) >= 11 is 5.39. The molecule has 0 aromatic heterocycles. The second-order valence-electron chi connectivity index (χ2n) is 2.71. The summed E-state index contributed by atoms with van der Waals surface area (Å²) in [5.41, 5.74) is 1.65. The average Bonchev–Trinajstić information content (AvgIpc) is 2.15. The molecule has 0 heterocycles. The van der Waals surface area contributed by atoms with Gasteiger partial charge in [-0.15, -0.1) is 0 Å². The van der Waals surface area contributed by atoms with Crippen LogP contribution in [0.2, 0.25) is 0 Å². The molecule has 0 saturated heterocycles. The minimum absolute atomic E-state index is 0.369. The Bertz CT molecular complexity index is 314. The van der Waals surface area contributed by atoms with Gasteiger partial charge in [0.05, 0.1) is 0 Å². The van der Waals surface area contributed by atoms with E-state index in [-0.39, 0.29) is 5.24 Å². The number of hydrogen-bond acceptors (Lipinski definition) is 1. The van der Waals surface area contributed by atoms with Gasteiger partial charge in [-0.1, -0.05) is 37.3 Å². The van der Waals surface area contributed by atoms with Crippen LogP contribution in [0.1, 0.15) is 18.9 Å². The van der Waals surface area contributed by atoms with E-state index in [9.17, 15) is 4.79 Å². The second kappa shape index (κ2) is 4.83. The van der Waals surface area contributed by atoms with E-state index >= 15 is 0 Å². The first-order chi connectivity index (χ1) is 6.24. The largest absolute Gasteiger partial charge is 0.276 e. The molecule has 0 saturated carbocycles. The molecule has 0 spiro atoms. The molecule has 1 rings (SSSR count). The van der Waals surface area contributed by atoms with Gasteiger partial charge in [0.15, 0.2) is 0 Å². The summed E-state index contributed by atoms with van der Waals surface area (Å²) in [5, 5.41) is -0.369. The Kier molecular flexibility index (Phi) is 3.71. The SMILES string of the molecule is CCC(=Cc1ccccc1)C(=O)Cl. The van der Waals surface area contributed by atoms with E-state index in [1.165, 1.54) is 0 Å². The van der Waals surface area contributed by atoms with Crippen LogP contribution in [0.5, 0.6) is 0 Å². The minimum Gasteiger partial charge on any atom is -0.276 e. The lowest BCUT2D eigenvalue weighted by Gasteiger charge is -1.97. The predicted molar refractivity (Wildman–Crippen MR) is 55.6 cm³/mol. The van der Waals surface area contributed by atoms with E-state index in [0.717, 1.165) is 5.56 Å². The van der Waals surface area contributed by atoms with Gasteiger partial charge in [-0.25, -0.2) is 0 Å². The van der Waals surface area contributed by atoms with Crippen molar-refractivity contribution in [3.05, 3.63) is 41.5 Å². The van der Waals surface area contributed by atoms with Crippen molar-refractivity contribution in [2.24, 2.45) is 0 Å². The van der Waals surface area contributed by atoms with Crippen molar-refractivity contribution in [3.63, 3.8) is 0 Å². The van der Waals surface area contributed by atoms with Crippen LogP contribution in [0.4, 0.5) is 0 Å². The summed E-state index contributed by atoms with van der Waals surface area (Å²) in [5.74, 6) is 0. The molecular formula is C11H11ClO. The first-order valence-electron chi connectivity index (χ1n) is 4.19. The van der Waals surface area contributed by atoms with Crippen molar-refractivity contribution < 1.29 is 4.79 Å². The van der Waals surface area contributed by atoms with E-state index < -0.39 is 0 Å². The summed E-state index contributed by atoms with van der Waals surface area (Å²) in [4.78, 5) is 10.9. The van der Waals surface area contributed by atoms with Crippen LogP contribution in [0, 0.1) is 0 Å². The van der Waals surface area contributed by atoms with Gasteiger partial charge in [-0.05, 0) is 29.7 Å². The first-order valence-corrected chi connectivity index (χ1v) is 4.57. The van der Waals surface area contributed by atoms with Gasteiger partial charge in [0, 0.05) is 5.57 Å². The zero-order valence-electron chi connectivity index (χ0n) is 7.46. The standard InChI is InChI=1S/C11H11ClO/c1-2-10(11(12)13)8-9-6-4-3-5-7-9/h3-8H,2H2,1H3. The Balaban J connectivity index is 2.92. The van der Waals surface area contributed by atoms with Gasteiger partial charge < -0.3 is 0 Å². The van der Waals surface area contributed by atoms with E-state index in [2.05, 4.69) is 0 Å². The zero-order valence-corrected chi connectivity index (χ0v) is 8.21. The molecule has 1 aromatic carbocycles. The summed E-state index contributed by atoms with van der Waals surface area (Å²) < 4.78 is 0. The van der Waals surface area contributed by atoms with Crippen molar-refractivity contribution in [1.82, 2.24) is 0 Å². The molecule has 0 unspecified atom stereocenters. The molecule has 0 N–H and O–H groups in total. The Morgan fingerprint density at radius 1 is 1.38 bits per heavy atom. The number of allylic oxidation sites excluding steroid dienone is 1. The van der Waals surface area contributed by atoms with Crippen LogP contribution in [0.15, 0.2) is 35.9 Å². The number of carbonyl (C=O) groups is 1. The quantitative estimate of drug-likeness (QED) is 0.533. The fraction of sp³-hybridized carbons (Fsp3) is 0.182.